The zero-order valence-corrected chi connectivity index (χ0v) is 16.0. The van der Waals surface area contributed by atoms with E-state index in [0.29, 0.717) is 41.8 Å². The molecule has 5 nitrogen and oxygen atoms in total. The number of halogens is 3. The first-order valence-corrected chi connectivity index (χ1v) is 8.36. The molecule has 0 aromatic heterocycles. The summed E-state index contributed by atoms with van der Waals surface area (Å²) in [6, 6.07) is 4.80. The van der Waals surface area contributed by atoms with E-state index in [1.54, 1.807) is 28.0 Å². The Hall–Kier alpha value is -1.01. The third-order valence-corrected chi connectivity index (χ3v) is 4.86. The van der Waals surface area contributed by atoms with E-state index in [-0.39, 0.29) is 36.2 Å². The number of hydrogen-bond acceptors (Lipinski definition) is 3. The molecule has 8 heteroatoms. The molecule has 0 saturated carbocycles. The van der Waals surface area contributed by atoms with Crippen molar-refractivity contribution in [2.24, 2.45) is 11.7 Å². The molecule has 2 unspecified atom stereocenters. The maximum atomic E-state index is 12.6. The predicted molar refractivity (Wildman–Crippen MR) is 99.0 cm³/mol. The van der Waals surface area contributed by atoms with E-state index in [1.807, 2.05) is 13.8 Å². The second kappa shape index (κ2) is 8.90. The highest BCUT2D eigenvalue weighted by Gasteiger charge is 2.29. The molecule has 1 aliphatic heterocycles. The fourth-order valence-corrected chi connectivity index (χ4v) is 3.06. The van der Waals surface area contributed by atoms with E-state index in [2.05, 4.69) is 0 Å². The van der Waals surface area contributed by atoms with E-state index in [1.165, 1.54) is 0 Å². The monoisotopic (exact) mass is 393 g/mol. The van der Waals surface area contributed by atoms with Gasteiger partial charge in [-0.2, -0.15) is 0 Å². The second-order valence-electron chi connectivity index (χ2n) is 5.86. The van der Waals surface area contributed by atoms with Crippen LogP contribution in [0.4, 0.5) is 0 Å². The summed E-state index contributed by atoms with van der Waals surface area (Å²) in [4.78, 5) is 28.3. The van der Waals surface area contributed by atoms with Gasteiger partial charge in [-0.05, 0) is 19.1 Å². The summed E-state index contributed by atoms with van der Waals surface area (Å²) in [5.41, 5.74) is 6.11. The van der Waals surface area contributed by atoms with Crippen molar-refractivity contribution in [1.29, 1.82) is 0 Å². The molecule has 2 N–H and O–H groups in total. The van der Waals surface area contributed by atoms with E-state index in [0.717, 1.165) is 0 Å². The second-order valence-corrected chi connectivity index (χ2v) is 6.68. The van der Waals surface area contributed by atoms with Crippen molar-refractivity contribution < 1.29 is 9.59 Å². The van der Waals surface area contributed by atoms with Gasteiger partial charge in [0.15, 0.2) is 0 Å². The number of carbonyl (C=O) groups is 2. The molecular formula is C16H22Cl3N3O2. The van der Waals surface area contributed by atoms with Gasteiger partial charge in [-0.15, -0.1) is 12.4 Å². The van der Waals surface area contributed by atoms with E-state index >= 15 is 0 Å². The van der Waals surface area contributed by atoms with Crippen molar-refractivity contribution >= 4 is 47.4 Å². The highest BCUT2D eigenvalue weighted by Crippen LogP contribution is 2.26. The molecule has 1 aromatic carbocycles. The maximum absolute atomic E-state index is 12.6. The lowest BCUT2D eigenvalue weighted by Gasteiger charge is -2.36. The normalized spacial score (nSPS) is 17.0. The van der Waals surface area contributed by atoms with Crippen molar-refractivity contribution in [3.63, 3.8) is 0 Å². The molecule has 1 aromatic rings. The van der Waals surface area contributed by atoms with Crippen LogP contribution in [0.5, 0.6) is 0 Å². The number of nitrogens with zero attached hydrogens (tertiary/aromatic N) is 2. The van der Waals surface area contributed by atoms with Crippen LogP contribution in [0.2, 0.25) is 10.0 Å². The molecule has 1 fully saturated rings. The molecule has 2 atom stereocenters. The van der Waals surface area contributed by atoms with Gasteiger partial charge >= 0.3 is 0 Å². The lowest BCUT2D eigenvalue weighted by atomic mass is 10.0. The van der Waals surface area contributed by atoms with E-state index in [9.17, 15) is 9.59 Å². The fraction of sp³-hybridized carbons (Fsp3) is 0.500. The summed E-state index contributed by atoms with van der Waals surface area (Å²) in [5.74, 6) is -0.397. The zero-order chi connectivity index (χ0) is 17.1. The molecule has 0 radical (unpaired) electrons. The molecule has 1 aliphatic rings. The zero-order valence-electron chi connectivity index (χ0n) is 13.7. The van der Waals surface area contributed by atoms with Gasteiger partial charge in [0, 0.05) is 32.2 Å². The van der Waals surface area contributed by atoms with Gasteiger partial charge in [0.05, 0.1) is 21.5 Å². The van der Waals surface area contributed by atoms with Crippen molar-refractivity contribution in [3.05, 3.63) is 33.8 Å². The van der Waals surface area contributed by atoms with Crippen LogP contribution in [0.15, 0.2) is 18.2 Å². The first kappa shape index (κ1) is 21.0. The largest absolute Gasteiger partial charge is 0.339 e. The Balaban J connectivity index is 0.00000288. The number of piperazine rings is 1. The SMILES string of the molecule is CC(N)C(C)C(=O)N1CCN(C(=O)c2c(Cl)cccc2Cl)CC1.Cl. The van der Waals surface area contributed by atoms with Gasteiger partial charge in [-0.1, -0.05) is 36.2 Å². The molecule has 0 spiro atoms. The van der Waals surface area contributed by atoms with Crippen LogP contribution >= 0.6 is 35.6 Å². The molecule has 24 heavy (non-hydrogen) atoms. The molecule has 0 bridgehead atoms. The number of nitrogens with two attached hydrogens (primary N) is 1. The quantitative estimate of drug-likeness (QED) is 0.857. The fourth-order valence-electron chi connectivity index (χ4n) is 2.50. The molecule has 134 valence electrons. The summed E-state index contributed by atoms with van der Waals surface area (Å²) in [5, 5.41) is 0.679. The van der Waals surface area contributed by atoms with Crippen molar-refractivity contribution in [3.8, 4) is 0 Å². The Morgan fingerprint density at radius 1 is 1.04 bits per heavy atom. The number of benzene rings is 1. The average Bonchev–Trinajstić information content (AvgIpc) is 2.53. The molecular weight excluding hydrogens is 373 g/mol. The first-order chi connectivity index (χ1) is 10.8. The van der Waals surface area contributed by atoms with Gasteiger partial charge in [-0.25, -0.2) is 0 Å². The van der Waals surface area contributed by atoms with Gasteiger partial charge < -0.3 is 15.5 Å². The molecule has 1 heterocycles. The van der Waals surface area contributed by atoms with Gasteiger partial charge in [0.25, 0.3) is 5.91 Å². The minimum Gasteiger partial charge on any atom is -0.339 e. The summed E-state index contributed by atoms with van der Waals surface area (Å²) < 4.78 is 0. The van der Waals surface area contributed by atoms with Crippen LogP contribution in [-0.4, -0.2) is 53.8 Å². The minimum atomic E-state index is -0.227. The standard InChI is InChI=1S/C16H21Cl2N3O2.ClH/c1-10(11(2)19)15(22)20-6-8-21(9-7-20)16(23)14-12(17)4-3-5-13(14)18;/h3-5,10-11H,6-9,19H2,1-2H3;1H. The van der Waals surface area contributed by atoms with Gasteiger partial charge in [0.2, 0.25) is 5.91 Å². The van der Waals surface area contributed by atoms with Crippen LogP contribution in [0.25, 0.3) is 0 Å². The van der Waals surface area contributed by atoms with Crippen molar-refractivity contribution in [1.82, 2.24) is 9.80 Å². The summed E-state index contributed by atoms with van der Waals surface area (Å²) >= 11 is 12.2. The number of carbonyl (C=O) groups excluding carboxylic acids is 2. The van der Waals surface area contributed by atoms with Crippen molar-refractivity contribution in [2.75, 3.05) is 26.2 Å². The molecule has 2 rings (SSSR count). The summed E-state index contributed by atoms with van der Waals surface area (Å²) in [7, 11) is 0. The van der Waals surface area contributed by atoms with Crippen LogP contribution in [0.1, 0.15) is 24.2 Å². The molecule has 0 aliphatic carbocycles. The van der Waals surface area contributed by atoms with Gasteiger partial charge in [-0.3, -0.25) is 9.59 Å². The highest BCUT2D eigenvalue weighted by molar-refractivity contribution is 6.39. The van der Waals surface area contributed by atoms with Gasteiger partial charge in [0.1, 0.15) is 0 Å². The smallest absolute Gasteiger partial charge is 0.257 e. The summed E-state index contributed by atoms with van der Waals surface area (Å²) in [6.07, 6.45) is 0. The average molecular weight is 395 g/mol. The topological polar surface area (TPSA) is 66.6 Å². The minimum absolute atomic E-state index is 0. The Kier molecular flexibility index (Phi) is 7.80. The summed E-state index contributed by atoms with van der Waals surface area (Å²) in [6.45, 7) is 5.54. The van der Waals surface area contributed by atoms with Crippen LogP contribution in [0.3, 0.4) is 0 Å². The first-order valence-electron chi connectivity index (χ1n) is 7.60. The number of hydrogen-bond donors (Lipinski definition) is 1. The van der Waals surface area contributed by atoms with E-state index in [4.69, 9.17) is 28.9 Å². The number of rotatable bonds is 3. The Bertz CT molecular complexity index is 582. The molecule has 2 amide bonds. The third kappa shape index (κ3) is 4.54. The maximum Gasteiger partial charge on any atom is 0.257 e. The Morgan fingerprint density at radius 3 is 1.96 bits per heavy atom. The highest BCUT2D eigenvalue weighted by atomic mass is 35.5. The number of amides is 2. The van der Waals surface area contributed by atoms with Crippen LogP contribution in [-0.2, 0) is 4.79 Å². The predicted octanol–water partition coefficient (Wildman–Crippen LogP) is 2.68. The Labute approximate surface area is 158 Å². The third-order valence-electron chi connectivity index (χ3n) is 4.23. The lowest BCUT2D eigenvalue weighted by molar-refractivity contribution is -0.137. The van der Waals surface area contributed by atoms with E-state index < -0.39 is 0 Å². The van der Waals surface area contributed by atoms with Crippen LogP contribution < -0.4 is 5.73 Å². The van der Waals surface area contributed by atoms with Crippen molar-refractivity contribution in [2.45, 2.75) is 19.9 Å². The lowest BCUT2D eigenvalue weighted by Crippen LogP contribution is -2.53. The van der Waals surface area contributed by atoms with Crippen LogP contribution in [0, 0.1) is 5.92 Å². The Morgan fingerprint density at radius 2 is 1.50 bits per heavy atom. The molecule has 1 saturated heterocycles.